The fourth-order valence-corrected chi connectivity index (χ4v) is 7.69. The quantitative estimate of drug-likeness (QED) is 0.253. The zero-order valence-electron chi connectivity index (χ0n) is 27.2. The lowest BCUT2D eigenvalue weighted by Crippen LogP contribution is -2.57. The molecule has 0 bridgehead atoms. The van der Waals surface area contributed by atoms with Gasteiger partial charge in [-0.2, -0.15) is 0 Å². The number of carbonyl (C=O) groups is 2. The van der Waals surface area contributed by atoms with Crippen LogP contribution in [-0.2, 0) is 10.2 Å². The fourth-order valence-electron chi connectivity index (χ4n) is 7.69. The van der Waals surface area contributed by atoms with Crippen LogP contribution in [0.25, 0.3) is 22.3 Å². The number of rotatable bonds is 7. The first-order valence-electron chi connectivity index (χ1n) is 16.8. The number of nitrogens with one attached hydrogen (secondary N) is 1. The van der Waals surface area contributed by atoms with E-state index in [9.17, 15) is 9.59 Å². The zero-order chi connectivity index (χ0) is 31.7. The summed E-state index contributed by atoms with van der Waals surface area (Å²) in [5, 5.41) is 2.72. The molecule has 2 amide bonds. The van der Waals surface area contributed by atoms with E-state index in [0.29, 0.717) is 29.3 Å². The monoisotopic (exact) mass is 618 g/mol. The van der Waals surface area contributed by atoms with Gasteiger partial charge in [0.1, 0.15) is 11.3 Å². The Morgan fingerprint density at radius 1 is 0.978 bits per heavy atom. The van der Waals surface area contributed by atoms with Crippen LogP contribution in [0.5, 0.6) is 11.6 Å². The number of hydrogen-bond donors (Lipinski definition) is 1. The summed E-state index contributed by atoms with van der Waals surface area (Å²) in [6, 6.07) is 15.0. The number of piperidine rings is 1. The molecule has 2 aromatic heterocycles. The number of aromatic nitrogens is 3. The Hall–Kier alpha value is -4.24. The minimum atomic E-state index is -0.577. The second-order valence-electron chi connectivity index (χ2n) is 14.1. The Labute approximate surface area is 270 Å². The number of imidazole rings is 1. The number of aryl methyl sites for hydroxylation is 1. The number of hydrogen-bond acceptors (Lipinski definition) is 6. The minimum Gasteiger partial charge on any atom is -0.437 e. The van der Waals surface area contributed by atoms with Gasteiger partial charge in [0.25, 0.3) is 5.91 Å². The summed E-state index contributed by atoms with van der Waals surface area (Å²) in [5.41, 5.74) is 6.24. The summed E-state index contributed by atoms with van der Waals surface area (Å²) in [6.07, 6.45) is 10.0. The number of anilines is 1. The van der Waals surface area contributed by atoms with E-state index in [1.165, 1.54) is 32.4 Å². The summed E-state index contributed by atoms with van der Waals surface area (Å²) in [6.45, 7) is 8.37. The first-order chi connectivity index (χ1) is 22.2. The molecule has 1 saturated heterocycles. The van der Waals surface area contributed by atoms with Gasteiger partial charge in [-0.25, -0.2) is 9.97 Å². The Morgan fingerprint density at radius 2 is 1.76 bits per heavy atom. The normalized spacial score (nSPS) is 22.5. The van der Waals surface area contributed by atoms with E-state index in [4.69, 9.17) is 14.7 Å². The molecule has 0 spiro atoms. The van der Waals surface area contributed by atoms with Crippen LogP contribution in [0.3, 0.4) is 0 Å². The van der Waals surface area contributed by atoms with Gasteiger partial charge in [-0.3, -0.25) is 9.59 Å². The van der Waals surface area contributed by atoms with Crippen LogP contribution in [-0.4, -0.2) is 63.5 Å². The van der Waals surface area contributed by atoms with Crippen LogP contribution in [0, 0.1) is 6.92 Å². The van der Waals surface area contributed by atoms with Gasteiger partial charge < -0.3 is 24.4 Å². The highest BCUT2D eigenvalue weighted by Gasteiger charge is 2.50. The van der Waals surface area contributed by atoms with Crippen molar-refractivity contribution in [2.24, 2.45) is 0 Å². The number of pyridine rings is 1. The fraction of sp³-hybridized carbons (Fsp3) is 0.459. The van der Waals surface area contributed by atoms with Gasteiger partial charge in [0.2, 0.25) is 11.8 Å². The summed E-state index contributed by atoms with van der Waals surface area (Å²) in [4.78, 5) is 41.0. The van der Waals surface area contributed by atoms with Crippen molar-refractivity contribution in [1.82, 2.24) is 24.8 Å². The third-order valence-corrected chi connectivity index (χ3v) is 10.7. The van der Waals surface area contributed by atoms with E-state index in [1.807, 2.05) is 45.3 Å². The SMILES string of the molecule is CNC(=O)c1cc(Oc2nc(-c3ccc4c(c3)N(C3CC(N5CCCCC5)C3)C(=O)C4(C)C)cc3ncn(C4CC4)c23)ccc1C. The van der Waals surface area contributed by atoms with Crippen molar-refractivity contribution in [3.8, 4) is 22.9 Å². The lowest BCUT2D eigenvalue weighted by atomic mass is 9.82. The molecule has 238 valence electrons. The molecule has 9 heteroatoms. The van der Waals surface area contributed by atoms with Crippen LogP contribution >= 0.6 is 0 Å². The standard InChI is InChI=1S/C37H42N6O3/c1-22-8-12-27(19-28(22)34(44)38-4)46-35-33-31(39-21-42(33)24-10-11-24)20-30(40-35)23-9-13-29-32(16-23)43(36(45)37(29,2)3)26-17-25(18-26)41-14-6-5-7-15-41/h8-9,12-13,16,19-21,24-26H,5-7,10-11,14-15,17-18H2,1-4H3,(H,38,44). The van der Waals surface area contributed by atoms with Crippen molar-refractivity contribution in [1.29, 1.82) is 0 Å². The number of ether oxygens (including phenoxy) is 1. The van der Waals surface area contributed by atoms with E-state index in [0.717, 1.165) is 64.8 Å². The number of benzene rings is 2. The van der Waals surface area contributed by atoms with Gasteiger partial charge in [0.05, 0.1) is 23.0 Å². The molecule has 9 nitrogen and oxygen atoms in total. The van der Waals surface area contributed by atoms with Crippen LogP contribution in [0.15, 0.2) is 48.8 Å². The topological polar surface area (TPSA) is 92.6 Å². The van der Waals surface area contributed by atoms with Gasteiger partial charge in [-0.05, 0) is 108 Å². The molecule has 1 N–H and O–H groups in total. The smallest absolute Gasteiger partial charge is 0.251 e. The van der Waals surface area contributed by atoms with Crippen molar-refractivity contribution in [3.05, 3.63) is 65.5 Å². The Balaban J connectivity index is 1.16. The largest absolute Gasteiger partial charge is 0.437 e. The Kier molecular flexibility index (Phi) is 6.94. The number of likely N-dealkylation sites (tertiary alicyclic amines) is 1. The van der Waals surface area contributed by atoms with E-state index < -0.39 is 5.41 Å². The highest BCUT2D eigenvalue weighted by Crippen LogP contribution is 2.48. The van der Waals surface area contributed by atoms with Crippen molar-refractivity contribution >= 4 is 28.5 Å². The maximum Gasteiger partial charge on any atom is 0.251 e. The van der Waals surface area contributed by atoms with Gasteiger partial charge in [0, 0.05) is 42.0 Å². The number of amides is 2. The number of nitrogens with zero attached hydrogens (tertiary/aromatic N) is 5. The maximum atomic E-state index is 13.9. The van der Waals surface area contributed by atoms with Gasteiger partial charge in [0.15, 0.2) is 0 Å². The third-order valence-electron chi connectivity index (χ3n) is 10.7. The molecular weight excluding hydrogens is 576 g/mol. The number of carbonyl (C=O) groups excluding carboxylic acids is 2. The van der Waals surface area contributed by atoms with Crippen molar-refractivity contribution in [2.75, 3.05) is 25.0 Å². The molecule has 4 aromatic rings. The van der Waals surface area contributed by atoms with Crippen LogP contribution in [0.4, 0.5) is 5.69 Å². The molecule has 46 heavy (non-hydrogen) atoms. The highest BCUT2D eigenvalue weighted by atomic mass is 16.5. The Morgan fingerprint density at radius 3 is 2.50 bits per heavy atom. The first-order valence-corrected chi connectivity index (χ1v) is 16.8. The highest BCUT2D eigenvalue weighted by molar-refractivity contribution is 6.08. The summed E-state index contributed by atoms with van der Waals surface area (Å²) < 4.78 is 8.66. The molecule has 2 aromatic carbocycles. The summed E-state index contributed by atoms with van der Waals surface area (Å²) >= 11 is 0. The van der Waals surface area contributed by atoms with Crippen LogP contribution in [0.1, 0.15) is 86.3 Å². The number of fused-ring (bicyclic) bond motifs is 2. The van der Waals surface area contributed by atoms with Crippen LogP contribution in [0.2, 0.25) is 0 Å². The molecule has 8 rings (SSSR count). The maximum absolute atomic E-state index is 13.9. The van der Waals surface area contributed by atoms with E-state index in [2.05, 4.69) is 37.9 Å². The van der Waals surface area contributed by atoms with Gasteiger partial charge in [-0.15, -0.1) is 0 Å². The molecule has 0 atom stereocenters. The minimum absolute atomic E-state index is 0.160. The zero-order valence-corrected chi connectivity index (χ0v) is 27.2. The lowest BCUT2D eigenvalue weighted by Gasteiger charge is -2.48. The second kappa shape index (κ2) is 10.9. The average Bonchev–Trinajstić information content (AvgIpc) is 3.76. The predicted octanol–water partition coefficient (Wildman–Crippen LogP) is 6.53. The van der Waals surface area contributed by atoms with Crippen LogP contribution < -0.4 is 15.0 Å². The lowest BCUT2D eigenvalue weighted by molar-refractivity contribution is -0.123. The molecule has 4 aliphatic rings. The second-order valence-corrected chi connectivity index (χ2v) is 14.1. The average molecular weight is 619 g/mol. The molecule has 0 radical (unpaired) electrons. The van der Waals surface area contributed by atoms with Gasteiger partial charge in [-0.1, -0.05) is 24.6 Å². The van der Waals surface area contributed by atoms with Crippen molar-refractivity contribution in [3.63, 3.8) is 0 Å². The van der Waals surface area contributed by atoms with E-state index >= 15 is 0 Å². The van der Waals surface area contributed by atoms with Crippen molar-refractivity contribution in [2.45, 2.75) is 89.3 Å². The van der Waals surface area contributed by atoms with E-state index in [1.54, 1.807) is 13.1 Å². The summed E-state index contributed by atoms with van der Waals surface area (Å²) in [7, 11) is 1.63. The molecule has 0 unspecified atom stereocenters. The molecule has 2 aliphatic carbocycles. The van der Waals surface area contributed by atoms with Crippen molar-refractivity contribution < 1.29 is 14.3 Å². The van der Waals surface area contributed by atoms with E-state index in [-0.39, 0.29) is 17.9 Å². The summed E-state index contributed by atoms with van der Waals surface area (Å²) in [5.74, 6) is 1.02. The molecule has 4 heterocycles. The molecule has 2 aliphatic heterocycles. The first kappa shape index (κ1) is 29.2. The molecule has 2 saturated carbocycles. The molecular formula is C37H42N6O3. The van der Waals surface area contributed by atoms with Gasteiger partial charge >= 0.3 is 0 Å². The predicted molar refractivity (Wildman–Crippen MR) is 179 cm³/mol. The molecule has 3 fully saturated rings. The Bertz CT molecular complexity index is 1860. The third kappa shape index (κ3) is 4.78.